The Kier molecular flexibility index (Phi) is 3.38. The van der Waals surface area contributed by atoms with Crippen molar-refractivity contribution in [2.75, 3.05) is 0 Å². The molecule has 0 amide bonds. The Labute approximate surface area is 107 Å². The smallest absolute Gasteiger partial charge is 0.160 e. The van der Waals surface area contributed by atoms with Crippen LogP contribution in [-0.4, -0.2) is 14.5 Å². The van der Waals surface area contributed by atoms with Gasteiger partial charge in [-0.1, -0.05) is 13.8 Å². The maximum absolute atomic E-state index is 6.01. The van der Waals surface area contributed by atoms with Gasteiger partial charge in [-0.15, -0.1) is 11.6 Å². The van der Waals surface area contributed by atoms with Gasteiger partial charge in [0.25, 0.3) is 0 Å². The van der Waals surface area contributed by atoms with E-state index in [4.69, 9.17) is 11.6 Å². The topological polar surface area (TPSA) is 30.7 Å². The number of hydrogen-bond donors (Lipinski definition) is 0. The zero-order valence-corrected chi connectivity index (χ0v) is 11.3. The standard InChI is InChI=1S/C13H18ClN3/c1-4-13(3,5-2)17-11(9-14)16-10-7-6-8-15-12(10)17/h6-8H,4-5,9H2,1-3H3. The van der Waals surface area contributed by atoms with Crippen molar-refractivity contribution in [2.45, 2.75) is 45.0 Å². The summed E-state index contributed by atoms with van der Waals surface area (Å²) >= 11 is 6.01. The second-order valence-corrected chi connectivity index (χ2v) is 4.81. The van der Waals surface area contributed by atoms with Gasteiger partial charge in [0.1, 0.15) is 11.3 Å². The minimum absolute atomic E-state index is 0.0350. The first-order valence-corrected chi connectivity index (χ1v) is 6.58. The molecule has 3 nitrogen and oxygen atoms in total. The minimum atomic E-state index is 0.0350. The van der Waals surface area contributed by atoms with Gasteiger partial charge in [-0.2, -0.15) is 0 Å². The molecular weight excluding hydrogens is 234 g/mol. The quantitative estimate of drug-likeness (QED) is 0.776. The summed E-state index contributed by atoms with van der Waals surface area (Å²) in [7, 11) is 0. The van der Waals surface area contributed by atoms with Gasteiger partial charge in [-0.3, -0.25) is 0 Å². The van der Waals surface area contributed by atoms with Crippen molar-refractivity contribution in [3.63, 3.8) is 0 Å². The molecule has 2 aromatic rings. The third kappa shape index (κ3) is 1.93. The molecule has 0 radical (unpaired) electrons. The van der Waals surface area contributed by atoms with E-state index in [1.165, 1.54) is 0 Å². The third-order valence-electron chi connectivity index (χ3n) is 3.67. The van der Waals surface area contributed by atoms with Gasteiger partial charge in [0.05, 0.1) is 5.88 Å². The Balaban J connectivity index is 2.73. The van der Waals surface area contributed by atoms with Crippen molar-refractivity contribution >= 4 is 22.8 Å². The molecule has 0 unspecified atom stereocenters. The lowest BCUT2D eigenvalue weighted by molar-refractivity contribution is 0.294. The summed E-state index contributed by atoms with van der Waals surface area (Å²) in [6.45, 7) is 6.62. The largest absolute Gasteiger partial charge is 0.306 e. The van der Waals surface area contributed by atoms with E-state index in [0.717, 1.165) is 29.8 Å². The van der Waals surface area contributed by atoms with E-state index in [9.17, 15) is 0 Å². The first-order chi connectivity index (χ1) is 8.16. The Hall–Kier alpha value is -1.09. The first-order valence-electron chi connectivity index (χ1n) is 6.05. The fourth-order valence-electron chi connectivity index (χ4n) is 2.18. The highest BCUT2D eigenvalue weighted by Crippen LogP contribution is 2.30. The molecule has 0 aliphatic rings. The highest BCUT2D eigenvalue weighted by molar-refractivity contribution is 6.16. The van der Waals surface area contributed by atoms with E-state index in [0.29, 0.717) is 5.88 Å². The zero-order valence-electron chi connectivity index (χ0n) is 10.6. The van der Waals surface area contributed by atoms with Gasteiger partial charge in [0, 0.05) is 11.7 Å². The van der Waals surface area contributed by atoms with Crippen LogP contribution in [0.5, 0.6) is 0 Å². The molecule has 4 heteroatoms. The van der Waals surface area contributed by atoms with E-state index >= 15 is 0 Å². The molecule has 0 aliphatic carbocycles. The fourth-order valence-corrected chi connectivity index (χ4v) is 2.36. The van der Waals surface area contributed by atoms with E-state index in [1.54, 1.807) is 0 Å². The molecule has 92 valence electrons. The van der Waals surface area contributed by atoms with Crippen LogP contribution in [0.25, 0.3) is 11.2 Å². The van der Waals surface area contributed by atoms with Gasteiger partial charge < -0.3 is 4.57 Å². The van der Waals surface area contributed by atoms with Crippen molar-refractivity contribution in [1.29, 1.82) is 0 Å². The van der Waals surface area contributed by atoms with Crippen LogP contribution in [0.3, 0.4) is 0 Å². The number of halogens is 1. The molecule has 0 aromatic carbocycles. The molecule has 17 heavy (non-hydrogen) atoms. The summed E-state index contributed by atoms with van der Waals surface area (Å²) in [4.78, 5) is 9.02. The number of pyridine rings is 1. The van der Waals surface area contributed by atoms with Crippen LogP contribution < -0.4 is 0 Å². The molecule has 0 saturated heterocycles. The average molecular weight is 252 g/mol. The molecule has 2 rings (SSSR count). The number of nitrogens with zero attached hydrogens (tertiary/aromatic N) is 3. The molecular formula is C13H18ClN3. The summed E-state index contributed by atoms with van der Waals surface area (Å²) in [5.74, 6) is 1.33. The lowest BCUT2D eigenvalue weighted by Gasteiger charge is -2.30. The van der Waals surface area contributed by atoms with Crippen LogP contribution in [0.15, 0.2) is 18.3 Å². The Morgan fingerprint density at radius 1 is 1.35 bits per heavy atom. The van der Waals surface area contributed by atoms with Crippen molar-refractivity contribution in [1.82, 2.24) is 14.5 Å². The van der Waals surface area contributed by atoms with Crippen molar-refractivity contribution < 1.29 is 0 Å². The van der Waals surface area contributed by atoms with E-state index < -0.39 is 0 Å². The SMILES string of the molecule is CCC(C)(CC)n1c(CCl)nc2cccnc21. The normalized spacial score (nSPS) is 12.2. The van der Waals surface area contributed by atoms with Crippen molar-refractivity contribution in [3.8, 4) is 0 Å². The predicted molar refractivity (Wildman–Crippen MR) is 71.3 cm³/mol. The monoisotopic (exact) mass is 251 g/mol. The van der Waals surface area contributed by atoms with Gasteiger partial charge >= 0.3 is 0 Å². The molecule has 0 N–H and O–H groups in total. The van der Waals surface area contributed by atoms with E-state index in [1.807, 2.05) is 18.3 Å². The van der Waals surface area contributed by atoms with Crippen LogP contribution >= 0.6 is 11.6 Å². The van der Waals surface area contributed by atoms with Crippen LogP contribution in [0.1, 0.15) is 39.4 Å². The highest BCUT2D eigenvalue weighted by Gasteiger charge is 2.27. The molecule has 2 heterocycles. The van der Waals surface area contributed by atoms with Crippen molar-refractivity contribution in [3.05, 3.63) is 24.2 Å². The number of fused-ring (bicyclic) bond motifs is 1. The number of rotatable bonds is 4. The Morgan fingerprint density at radius 2 is 2.06 bits per heavy atom. The molecule has 2 aromatic heterocycles. The summed E-state index contributed by atoms with van der Waals surface area (Å²) in [5.41, 5.74) is 1.90. The predicted octanol–water partition coefficient (Wildman–Crippen LogP) is 3.71. The van der Waals surface area contributed by atoms with E-state index in [-0.39, 0.29) is 5.54 Å². The Morgan fingerprint density at radius 3 is 2.65 bits per heavy atom. The van der Waals surface area contributed by atoms with Crippen LogP contribution in [0, 0.1) is 0 Å². The Bertz CT molecular complexity index is 514. The van der Waals surface area contributed by atoms with Crippen LogP contribution in [0.2, 0.25) is 0 Å². The maximum Gasteiger partial charge on any atom is 0.160 e. The lowest BCUT2D eigenvalue weighted by atomic mass is 9.95. The summed E-state index contributed by atoms with van der Waals surface area (Å²) < 4.78 is 2.20. The van der Waals surface area contributed by atoms with Gasteiger partial charge in [-0.05, 0) is 31.9 Å². The number of alkyl halides is 1. The van der Waals surface area contributed by atoms with Crippen LogP contribution in [0.4, 0.5) is 0 Å². The highest BCUT2D eigenvalue weighted by atomic mass is 35.5. The average Bonchev–Trinajstić information content (AvgIpc) is 2.76. The molecule has 0 fully saturated rings. The van der Waals surface area contributed by atoms with Gasteiger partial charge in [0.15, 0.2) is 5.65 Å². The maximum atomic E-state index is 6.01. The number of aromatic nitrogens is 3. The first kappa shape index (κ1) is 12.4. The second-order valence-electron chi connectivity index (χ2n) is 4.55. The van der Waals surface area contributed by atoms with E-state index in [2.05, 4.69) is 35.3 Å². The fraction of sp³-hybridized carbons (Fsp3) is 0.538. The van der Waals surface area contributed by atoms with Gasteiger partial charge in [0.2, 0.25) is 0 Å². The number of hydrogen-bond acceptors (Lipinski definition) is 2. The summed E-state index contributed by atoms with van der Waals surface area (Å²) in [6, 6.07) is 3.90. The summed E-state index contributed by atoms with van der Waals surface area (Å²) in [6.07, 6.45) is 3.88. The third-order valence-corrected chi connectivity index (χ3v) is 3.91. The van der Waals surface area contributed by atoms with Crippen LogP contribution in [-0.2, 0) is 11.4 Å². The molecule has 0 saturated carbocycles. The number of imidazole rings is 1. The zero-order chi connectivity index (χ0) is 12.5. The molecule has 0 atom stereocenters. The molecule has 0 bridgehead atoms. The minimum Gasteiger partial charge on any atom is -0.306 e. The summed E-state index contributed by atoms with van der Waals surface area (Å²) in [5, 5.41) is 0. The molecule has 0 aliphatic heterocycles. The van der Waals surface area contributed by atoms with Crippen molar-refractivity contribution in [2.24, 2.45) is 0 Å². The second kappa shape index (κ2) is 4.65. The molecule has 0 spiro atoms. The lowest BCUT2D eigenvalue weighted by Crippen LogP contribution is -2.30. The van der Waals surface area contributed by atoms with Gasteiger partial charge in [-0.25, -0.2) is 9.97 Å².